The fourth-order valence-corrected chi connectivity index (χ4v) is 2.74. The molecule has 0 aliphatic heterocycles. The van der Waals surface area contributed by atoms with E-state index in [9.17, 15) is 13.2 Å². The standard InChI is InChI=1S/C19H23NO6S/c1-24-16-8-7-14(18(13-16)25-2)11-19(21)20-15-5-4-6-17(12-15)26-9-10-27(3,22)23/h4-8,12-13H,9-11H2,1-3H3,(H,20,21). The minimum Gasteiger partial charge on any atom is -0.497 e. The number of sulfone groups is 1. The number of carbonyl (C=O) groups is 1. The van der Waals surface area contributed by atoms with E-state index in [1.54, 1.807) is 49.6 Å². The molecular weight excluding hydrogens is 370 g/mol. The maximum Gasteiger partial charge on any atom is 0.228 e. The Labute approximate surface area is 159 Å². The van der Waals surface area contributed by atoms with E-state index in [0.717, 1.165) is 11.8 Å². The Hall–Kier alpha value is -2.74. The van der Waals surface area contributed by atoms with Crippen LogP contribution in [0.5, 0.6) is 17.2 Å². The Kier molecular flexibility index (Phi) is 7.06. The molecule has 0 radical (unpaired) electrons. The van der Waals surface area contributed by atoms with Crippen LogP contribution in [0.15, 0.2) is 42.5 Å². The SMILES string of the molecule is COc1ccc(CC(=O)Nc2cccc(OCCS(C)(=O)=O)c2)c(OC)c1. The Bertz CT molecular complexity index is 895. The van der Waals surface area contributed by atoms with Gasteiger partial charge in [0.05, 0.1) is 26.4 Å². The molecule has 0 aliphatic rings. The van der Waals surface area contributed by atoms with Crippen molar-refractivity contribution in [1.82, 2.24) is 0 Å². The summed E-state index contributed by atoms with van der Waals surface area (Å²) in [6.45, 7) is 0.0548. The third-order valence-electron chi connectivity index (χ3n) is 3.69. The molecule has 0 unspecified atom stereocenters. The van der Waals surface area contributed by atoms with Crippen LogP contribution in [-0.2, 0) is 21.1 Å². The zero-order valence-corrected chi connectivity index (χ0v) is 16.3. The summed E-state index contributed by atoms with van der Waals surface area (Å²) in [5.74, 6) is 1.42. The van der Waals surface area contributed by atoms with Gasteiger partial charge in [-0.2, -0.15) is 0 Å². The lowest BCUT2D eigenvalue weighted by Gasteiger charge is -2.11. The molecule has 27 heavy (non-hydrogen) atoms. The van der Waals surface area contributed by atoms with Crippen LogP contribution in [0.25, 0.3) is 0 Å². The fourth-order valence-electron chi connectivity index (χ4n) is 2.35. The predicted molar refractivity (Wildman–Crippen MR) is 104 cm³/mol. The lowest BCUT2D eigenvalue weighted by molar-refractivity contribution is -0.115. The van der Waals surface area contributed by atoms with E-state index in [1.807, 2.05) is 0 Å². The number of benzene rings is 2. The lowest BCUT2D eigenvalue weighted by atomic mass is 10.1. The zero-order valence-electron chi connectivity index (χ0n) is 15.5. The van der Waals surface area contributed by atoms with Gasteiger partial charge in [0, 0.05) is 29.6 Å². The summed E-state index contributed by atoms with van der Waals surface area (Å²) in [4.78, 5) is 12.3. The summed E-state index contributed by atoms with van der Waals surface area (Å²) in [6, 6.07) is 12.1. The molecule has 146 valence electrons. The predicted octanol–water partition coefficient (Wildman–Crippen LogP) is 2.31. The highest BCUT2D eigenvalue weighted by Crippen LogP contribution is 2.25. The summed E-state index contributed by atoms with van der Waals surface area (Å²) in [6.07, 6.45) is 1.28. The molecule has 0 aromatic heterocycles. The topological polar surface area (TPSA) is 90.9 Å². The van der Waals surface area contributed by atoms with Crippen LogP contribution >= 0.6 is 0 Å². The molecule has 2 rings (SSSR count). The van der Waals surface area contributed by atoms with E-state index in [-0.39, 0.29) is 24.7 Å². The van der Waals surface area contributed by atoms with Crippen molar-refractivity contribution in [2.75, 3.05) is 38.2 Å². The van der Waals surface area contributed by atoms with Crippen molar-refractivity contribution >= 4 is 21.4 Å². The number of rotatable bonds is 9. The van der Waals surface area contributed by atoms with Crippen LogP contribution < -0.4 is 19.5 Å². The van der Waals surface area contributed by atoms with Crippen LogP contribution in [0.1, 0.15) is 5.56 Å². The first kappa shape index (κ1) is 20.6. The van der Waals surface area contributed by atoms with Crippen LogP contribution in [0, 0.1) is 0 Å². The Morgan fingerprint density at radius 2 is 1.81 bits per heavy atom. The van der Waals surface area contributed by atoms with Gasteiger partial charge in [-0.25, -0.2) is 8.42 Å². The van der Waals surface area contributed by atoms with Gasteiger partial charge in [-0.1, -0.05) is 12.1 Å². The lowest BCUT2D eigenvalue weighted by Crippen LogP contribution is -2.15. The minimum atomic E-state index is -3.09. The summed E-state index contributed by atoms with van der Waals surface area (Å²) in [5.41, 5.74) is 1.29. The molecule has 0 saturated heterocycles. The summed E-state index contributed by atoms with van der Waals surface area (Å²) < 4.78 is 38.2. The molecular formula is C19H23NO6S. The van der Waals surface area contributed by atoms with Gasteiger partial charge in [-0.3, -0.25) is 4.79 Å². The van der Waals surface area contributed by atoms with Crippen molar-refractivity contribution in [3.63, 3.8) is 0 Å². The van der Waals surface area contributed by atoms with Crippen molar-refractivity contribution < 1.29 is 27.4 Å². The van der Waals surface area contributed by atoms with Crippen LogP contribution in [0.2, 0.25) is 0 Å². The Morgan fingerprint density at radius 3 is 2.48 bits per heavy atom. The number of nitrogens with one attached hydrogen (secondary N) is 1. The number of ether oxygens (including phenoxy) is 3. The number of methoxy groups -OCH3 is 2. The molecule has 2 aromatic carbocycles. The molecule has 1 N–H and O–H groups in total. The first-order valence-corrected chi connectivity index (χ1v) is 10.3. The highest BCUT2D eigenvalue weighted by Gasteiger charge is 2.11. The van der Waals surface area contributed by atoms with Crippen LogP contribution in [0.3, 0.4) is 0 Å². The molecule has 0 aliphatic carbocycles. The first-order valence-electron chi connectivity index (χ1n) is 8.22. The Morgan fingerprint density at radius 1 is 1.04 bits per heavy atom. The van der Waals surface area contributed by atoms with Gasteiger partial charge in [0.1, 0.15) is 23.9 Å². The fraction of sp³-hybridized carbons (Fsp3) is 0.316. The molecule has 0 spiro atoms. The average Bonchev–Trinajstić information content (AvgIpc) is 2.61. The third kappa shape index (κ3) is 6.82. The molecule has 0 atom stereocenters. The smallest absolute Gasteiger partial charge is 0.228 e. The van der Waals surface area contributed by atoms with Gasteiger partial charge >= 0.3 is 0 Å². The number of carbonyl (C=O) groups excluding carboxylic acids is 1. The molecule has 2 aromatic rings. The van der Waals surface area contributed by atoms with E-state index in [1.165, 1.54) is 7.11 Å². The summed E-state index contributed by atoms with van der Waals surface area (Å²) in [5, 5.41) is 2.79. The molecule has 8 heteroatoms. The normalized spacial score (nSPS) is 10.9. The van der Waals surface area contributed by atoms with Gasteiger partial charge in [0.25, 0.3) is 0 Å². The first-order chi connectivity index (χ1) is 12.8. The summed E-state index contributed by atoms with van der Waals surface area (Å²) >= 11 is 0. The van der Waals surface area contributed by atoms with Gasteiger partial charge < -0.3 is 19.5 Å². The molecule has 0 heterocycles. The quantitative estimate of drug-likeness (QED) is 0.703. The van der Waals surface area contributed by atoms with Crippen molar-refractivity contribution in [3.8, 4) is 17.2 Å². The Balaban J connectivity index is 1.99. The summed E-state index contributed by atoms with van der Waals surface area (Å²) in [7, 11) is 0.0116. The monoisotopic (exact) mass is 393 g/mol. The molecule has 1 amide bonds. The number of hydrogen-bond acceptors (Lipinski definition) is 6. The van der Waals surface area contributed by atoms with Crippen molar-refractivity contribution in [3.05, 3.63) is 48.0 Å². The highest BCUT2D eigenvalue weighted by atomic mass is 32.2. The third-order valence-corrected chi connectivity index (χ3v) is 4.59. The van der Waals surface area contributed by atoms with Crippen molar-refractivity contribution in [2.24, 2.45) is 0 Å². The van der Waals surface area contributed by atoms with Crippen molar-refractivity contribution in [2.45, 2.75) is 6.42 Å². The van der Waals surface area contributed by atoms with E-state index in [2.05, 4.69) is 5.32 Å². The van der Waals surface area contributed by atoms with Gasteiger partial charge in [-0.05, 0) is 18.2 Å². The van der Waals surface area contributed by atoms with Crippen LogP contribution in [-0.4, -0.2) is 47.2 Å². The van der Waals surface area contributed by atoms with E-state index < -0.39 is 9.84 Å². The second kappa shape index (κ2) is 9.27. The van der Waals surface area contributed by atoms with Gasteiger partial charge in [-0.15, -0.1) is 0 Å². The molecule has 0 saturated carbocycles. The largest absolute Gasteiger partial charge is 0.497 e. The number of anilines is 1. The maximum atomic E-state index is 12.3. The number of hydrogen-bond donors (Lipinski definition) is 1. The van der Waals surface area contributed by atoms with E-state index in [0.29, 0.717) is 22.9 Å². The average molecular weight is 393 g/mol. The van der Waals surface area contributed by atoms with E-state index >= 15 is 0 Å². The van der Waals surface area contributed by atoms with Gasteiger partial charge in [0.15, 0.2) is 9.84 Å². The van der Waals surface area contributed by atoms with Gasteiger partial charge in [0.2, 0.25) is 5.91 Å². The minimum absolute atomic E-state index is 0.0548. The van der Waals surface area contributed by atoms with E-state index in [4.69, 9.17) is 14.2 Å². The number of amides is 1. The molecule has 0 bridgehead atoms. The molecule has 0 fully saturated rings. The second-order valence-corrected chi connectivity index (χ2v) is 8.17. The van der Waals surface area contributed by atoms with Crippen molar-refractivity contribution in [1.29, 1.82) is 0 Å². The second-order valence-electron chi connectivity index (χ2n) is 5.91. The van der Waals surface area contributed by atoms with Crippen LogP contribution in [0.4, 0.5) is 5.69 Å². The maximum absolute atomic E-state index is 12.3. The zero-order chi connectivity index (χ0) is 19.9. The molecule has 7 nitrogen and oxygen atoms in total. The highest BCUT2D eigenvalue weighted by molar-refractivity contribution is 7.90.